The highest BCUT2D eigenvalue weighted by Crippen LogP contribution is 2.39. The van der Waals surface area contributed by atoms with Crippen LogP contribution >= 0.6 is 23.2 Å². The van der Waals surface area contributed by atoms with E-state index in [1.807, 2.05) is 60.8 Å². The van der Waals surface area contributed by atoms with Crippen LogP contribution in [0, 0.1) is 0 Å². The number of aromatic nitrogens is 1. The molecule has 1 N–H and O–H groups in total. The summed E-state index contributed by atoms with van der Waals surface area (Å²) in [6.07, 6.45) is 2.02. The minimum atomic E-state index is -0.117. The van der Waals surface area contributed by atoms with E-state index >= 15 is 0 Å². The number of aromatic hydroxyl groups is 1. The fraction of sp³-hybridized carbons (Fsp3) is 0. The number of pyridine rings is 1. The van der Waals surface area contributed by atoms with Crippen molar-refractivity contribution in [1.82, 2.24) is 0 Å². The van der Waals surface area contributed by atoms with Gasteiger partial charge in [0.15, 0.2) is 11.9 Å². The third-order valence-corrected chi connectivity index (χ3v) is 6.19. The van der Waals surface area contributed by atoms with Gasteiger partial charge in [-0.25, -0.2) is 0 Å². The minimum Gasteiger partial charge on any atom is -0.505 e. The summed E-state index contributed by atoms with van der Waals surface area (Å²) >= 11 is 12.6. The second-order valence-corrected chi connectivity index (χ2v) is 8.49. The lowest BCUT2D eigenvalue weighted by atomic mass is 9.90. The standard InChI is InChI=1S/C29H19Cl2NO/c30-25-18-23(19-26(31)29(25)33)32-17-16-24(20-10-4-1-5-11-20)27(21-12-6-2-7-13-21)28(32)22-14-8-3-9-15-22/h1-19H/p+1. The summed E-state index contributed by atoms with van der Waals surface area (Å²) in [5.74, 6) is -0.117. The van der Waals surface area contributed by atoms with E-state index in [1.54, 1.807) is 12.1 Å². The fourth-order valence-corrected chi connectivity index (χ4v) is 4.57. The Balaban J connectivity index is 1.91. The Labute approximate surface area is 202 Å². The van der Waals surface area contributed by atoms with Crippen molar-refractivity contribution in [3.63, 3.8) is 0 Å². The summed E-state index contributed by atoms with van der Waals surface area (Å²) in [4.78, 5) is 0. The zero-order chi connectivity index (χ0) is 22.8. The Bertz CT molecular complexity index is 1400. The minimum absolute atomic E-state index is 0.117. The summed E-state index contributed by atoms with van der Waals surface area (Å²) in [6.45, 7) is 0. The van der Waals surface area contributed by atoms with Crippen molar-refractivity contribution in [2.75, 3.05) is 0 Å². The highest BCUT2D eigenvalue weighted by Gasteiger charge is 2.26. The van der Waals surface area contributed by atoms with Crippen LogP contribution < -0.4 is 4.57 Å². The maximum absolute atomic E-state index is 10.1. The van der Waals surface area contributed by atoms with Crippen molar-refractivity contribution in [3.05, 3.63) is 125 Å². The Hall–Kier alpha value is -3.59. The van der Waals surface area contributed by atoms with Gasteiger partial charge >= 0.3 is 0 Å². The normalized spacial score (nSPS) is 10.8. The van der Waals surface area contributed by atoms with E-state index in [1.165, 1.54) is 0 Å². The van der Waals surface area contributed by atoms with E-state index in [0.29, 0.717) is 0 Å². The van der Waals surface area contributed by atoms with Gasteiger partial charge in [-0.05, 0) is 23.3 Å². The van der Waals surface area contributed by atoms with Gasteiger partial charge in [0.1, 0.15) is 0 Å². The van der Waals surface area contributed by atoms with Crippen LogP contribution in [0.25, 0.3) is 39.2 Å². The Morgan fingerprint density at radius 3 is 1.61 bits per heavy atom. The lowest BCUT2D eigenvalue weighted by Crippen LogP contribution is -2.34. The lowest BCUT2D eigenvalue weighted by Gasteiger charge is -2.15. The lowest BCUT2D eigenvalue weighted by molar-refractivity contribution is -0.583. The first-order valence-electron chi connectivity index (χ1n) is 10.6. The molecule has 2 nitrogen and oxygen atoms in total. The number of nitrogens with zero attached hydrogens (tertiary/aromatic N) is 1. The van der Waals surface area contributed by atoms with Crippen LogP contribution in [-0.2, 0) is 0 Å². The summed E-state index contributed by atoms with van der Waals surface area (Å²) in [6, 6.07) is 36.5. The molecule has 0 fully saturated rings. The van der Waals surface area contributed by atoms with Gasteiger partial charge in [0.2, 0.25) is 11.4 Å². The molecule has 0 aliphatic rings. The zero-order valence-electron chi connectivity index (χ0n) is 17.6. The molecule has 1 heterocycles. The van der Waals surface area contributed by atoms with E-state index < -0.39 is 0 Å². The molecule has 0 aliphatic carbocycles. The smallest absolute Gasteiger partial charge is 0.226 e. The number of hydrogen-bond acceptors (Lipinski definition) is 1. The molecule has 0 bridgehead atoms. The molecule has 4 aromatic carbocycles. The van der Waals surface area contributed by atoms with E-state index in [2.05, 4.69) is 47.0 Å². The van der Waals surface area contributed by atoms with Crippen LogP contribution in [-0.4, -0.2) is 5.11 Å². The SMILES string of the molecule is Oc1c(Cl)cc(-[n+]2ccc(-c3ccccc3)c(-c3ccccc3)c2-c2ccccc2)cc1Cl. The first kappa shape index (κ1) is 21.3. The molecule has 0 unspecified atom stereocenters. The molecule has 1 aromatic heterocycles. The predicted molar refractivity (Wildman–Crippen MR) is 136 cm³/mol. The number of hydrogen-bond donors (Lipinski definition) is 1. The van der Waals surface area contributed by atoms with Gasteiger partial charge in [-0.3, -0.25) is 0 Å². The van der Waals surface area contributed by atoms with Gasteiger partial charge in [0.25, 0.3) is 0 Å². The molecular weight excluding hydrogens is 449 g/mol. The first-order chi connectivity index (χ1) is 16.1. The predicted octanol–water partition coefficient (Wildman–Crippen LogP) is 7.98. The van der Waals surface area contributed by atoms with Crippen molar-refractivity contribution < 1.29 is 9.67 Å². The van der Waals surface area contributed by atoms with E-state index in [-0.39, 0.29) is 15.8 Å². The maximum atomic E-state index is 10.1. The molecule has 0 atom stereocenters. The molecule has 0 saturated carbocycles. The highest BCUT2D eigenvalue weighted by atomic mass is 35.5. The average molecular weight is 469 g/mol. The maximum Gasteiger partial charge on any atom is 0.226 e. The van der Waals surface area contributed by atoms with Crippen molar-refractivity contribution in [2.24, 2.45) is 0 Å². The zero-order valence-corrected chi connectivity index (χ0v) is 19.1. The highest BCUT2D eigenvalue weighted by molar-refractivity contribution is 6.37. The van der Waals surface area contributed by atoms with Crippen molar-refractivity contribution in [2.45, 2.75) is 0 Å². The van der Waals surface area contributed by atoms with Gasteiger partial charge in [-0.2, -0.15) is 4.57 Å². The fourth-order valence-electron chi connectivity index (χ4n) is 4.10. The summed E-state index contributed by atoms with van der Waals surface area (Å²) in [5, 5.41) is 10.5. The van der Waals surface area contributed by atoms with E-state index in [4.69, 9.17) is 23.2 Å². The molecule has 0 amide bonds. The molecule has 4 heteroatoms. The van der Waals surface area contributed by atoms with Crippen LogP contribution in [0.2, 0.25) is 10.0 Å². The van der Waals surface area contributed by atoms with Crippen molar-refractivity contribution >= 4 is 23.2 Å². The number of phenols is 1. The number of rotatable bonds is 4. The molecule has 0 aliphatic heterocycles. The van der Waals surface area contributed by atoms with Crippen molar-refractivity contribution in [3.8, 4) is 44.9 Å². The van der Waals surface area contributed by atoms with E-state index in [9.17, 15) is 5.11 Å². The van der Waals surface area contributed by atoms with Crippen LogP contribution in [0.5, 0.6) is 5.75 Å². The van der Waals surface area contributed by atoms with Crippen molar-refractivity contribution in [1.29, 1.82) is 0 Å². The summed E-state index contributed by atoms with van der Waals surface area (Å²) < 4.78 is 2.07. The topological polar surface area (TPSA) is 24.1 Å². The molecule has 0 saturated heterocycles. The second kappa shape index (κ2) is 9.11. The third-order valence-electron chi connectivity index (χ3n) is 5.61. The molecule has 160 valence electrons. The first-order valence-corrected chi connectivity index (χ1v) is 11.3. The summed E-state index contributed by atoms with van der Waals surface area (Å²) in [7, 11) is 0. The molecule has 0 radical (unpaired) electrons. The molecule has 5 rings (SSSR count). The number of benzene rings is 4. The van der Waals surface area contributed by atoms with Gasteiger partial charge in [-0.1, -0.05) is 102 Å². The van der Waals surface area contributed by atoms with Gasteiger partial charge < -0.3 is 5.11 Å². The second-order valence-electron chi connectivity index (χ2n) is 7.68. The van der Waals surface area contributed by atoms with Crippen LogP contribution in [0.15, 0.2) is 115 Å². The molecule has 0 spiro atoms. The number of phenolic OH excluding ortho intramolecular Hbond substituents is 1. The average Bonchev–Trinajstić information content (AvgIpc) is 2.87. The van der Waals surface area contributed by atoms with E-state index in [0.717, 1.165) is 39.2 Å². The van der Waals surface area contributed by atoms with Gasteiger partial charge in [0.05, 0.1) is 15.6 Å². The van der Waals surface area contributed by atoms with Crippen LogP contribution in [0.3, 0.4) is 0 Å². The quantitative estimate of drug-likeness (QED) is 0.265. The molecular formula is C29H20Cl2NO+. The largest absolute Gasteiger partial charge is 0.505 e. The monoisotopic (exact) mass is 468 g/mol. The van der Waals surface area contributed by atoms with Crippen LogP contribution in [0.4, 0.5) is 0 Å². The number of halogens is 2. The summed E-state index contributed by atoms with van der Waals surface area (Å²) in [5.41, 5.74) is 7.25. The van der Waals surface area contributed by atoms with Gasteiger partial charge in [-0.15, -0.1) is 0 Å². The Morgan fingerprint density at radius 1 is 0.576 bits per heavy atom. The molecule has 33 heavy (non-hydrogen) atoms. The molecule has 5 aromatic rings. The third kappa shape index (κ3) is 4.11. The van der Waals surface area contributed by atoms with Gasteiger partial charge in [0, 0.05) is 29.3 Å². The Morgan fingerprint density at radius 2 is 1.06 bits per heavy atom. The van der Waals surface area contributed by atoms with Crippen LogP contribution in [0.1, 0.15) is 0 Å². The Kier molecular flexibility index (Phi) is 5.87.